The second kappa shape index (κ2) is 11.2. The zero-order chi connectivity index (χ0) is 29.8. The Morgan fingerprint density at radius 2 is 0.929 bits per heavy atom. The molecule has 0 aliphatic heterocycles. The second-order valence-electron chi connectivity index (χ2n) is 13.2. The molecule has 0 amide bonds. The molecule has 0 fully saturated rings. The van der Waals surface area contributed by atoms with E-state index in [1.165, 1.54) is 55.7 Å². The van der Waals surface area contributed by atoms with Gasteiger partial charge in [0.05, 0.1) is 0 Å². The van der Waals surface area contributed by atoms with Gasteiger partial charge in [-0.2, -0.15) is 0 Å². The summed E-state index contributed by atoms with van der Waals surface area (Å²) in [6.07, 6.45) is 4.94. The first-order valence-corrected chi connectivity index (χ1v) is 37.6. The quantitative estimate of drug-likeness (QED) is 0.164. The van der Waals surface area contributed by atoms with Crippen molar-refractivity contribution in [2.45, 2.75) is 48.1 Å². The van der Waals surface area contributed by atoms with Gasteiger partial charge in [0.25, 0.3) is 0 Å². The Morgan fingerprint density at radius 1 is 0.548 bits per heavy atom. The molecule has 0 spiro atoms. The zero-order valence-electron chi connectivity index (χ0n) is 25.5. The normalized spacial score (nSPS) is 19.0. The van der Waals surface area contributed by atoms with Gasteiger partial charge >= 0.3 is 263 Å². The van der Waals surface area contributed by atoms with Crippen molar-refractivity contribution in [2.75, 3.05) is 0 Å². The summed E-state index contributed by atoms with van der Waals surface area (Å²) in [5, 5.41) is 0. The summed E-state index contributed by atoms with van der Waals surface area (Å²) in [5.74, 6) is -0.897. The molecule has 0 bridgehead atoms. The van der Waals surface area contributed by atoms with Gasteiger partial charge in [0.1, 0.15) is 0 Å². The van der Waals surface area contributed by atoms with Crippen LogP contribution in [0.5, 0.6) is 0 Å². The van der Waals surface area contributed by atoms with Gasteiger partial charge in [-0.3, -0.25) is 0 Å². The van der Waals surface area contributed by atoms with E-state index in [-0.39, 0.29) is 7.35 Å². The predicted molar refractivity (Wildman–Crippen MR) is 185 cm³/mol. The van der Waals surface area contributed by atoms with Crippen LogP contribution < -0.4 is 0 Å². The first-order chi connectivity index (χ1) is 20.0. The molecule has 2 aliphatic rings. The topological polar surface area (TPSA) is 0 Å². The van der Waals surface area contributed by atoms with E-state index in [0.29, 0.717) is 11.8 Å². The third-order valence-corrected chi connectivity index (χ3v) is 82.5. The van der Waals surface area contributed by atoms with Crippen molar-refractivity contribution in [3.05, 3.63) is 130 Å². The maximum atomic E-state index is 8.64. The predicted octanol–water partition coefficient (Wildman–Crippen LogP) is 11.9. The van der Waals surface area contributed by atoms with Crippen molar-refractivity contribution in [3.8, 4) is 22.3 Å². The molecular formula is C38H41Cl2HfSi. The monoisotopic (exact) mass is 775 g/mol. The van der Waals surface area contributed by atoms with Gasteiger partial charge in [0.2, 0.25) is 0 Å². The summed E-state index contributed by atoms with van der Waals surface area (Å²) in [7, 11) is 17.3. The summed E-state index contributed by atoms with van der Waals surface area (Å²) < 4.78 is 0.211. The van der Waals surface area contributed by atoms with Crippen LogP contribution in [0.25, 0.3) is 34.4 Å². The van der Waals surface area contributed by atoms with Gasteiger partial charge in [-0.15, -0.1) is 0 Å². The Bertz CT molecular complexity index is 1580. The molecule has 0 saturated carbocycles. The van der Waals surface area contributed by atoms with Crippen molar-refractivity contribution in [3.63, 3.8) is 0 Å². The Balaban J connectivity index is 1.63. The standard InChI is InChI=1S/2C18H17.C2H7Si.2ClH.Hf/c2*1-13(2)16-11-15-9-6-10-17(18(15)12-16)14-7-4-3-5-8-14;1-3-2;;;/h2*3-13H,1-2H3;3H,1-2H3;2*1H;/q;;;;;+2/p-2. The van der Waals surface area contributed by atoms with Crippen LogP contribution in [0.4, 0.5) is 0 Å². The van der Waals surface area contributed by atoms with Crippen molar-refractivity contribution in [1.82, 2.24) is 0 Å². The number of rotatable bonds is 7. The molecule has 0 nitrogen and oxygen atoms in total. The van der Waals surface area contributed by atoms with E-state index in [4.69, 9.17) is 17.2 Å². The third-order valence-electron chi connectivity index (χ3n) is 9.90. The molecule has 2 aliphatic carbocycles. The first-order valence-electron chi connectivity index (χ1n) is 15.4. The fraction of sp³-hybridized carbons (Fsp3) is 0.263. The molecule has 215 valence electrons. The molecule has 4 heteroatoms. The molecule has 4 aromatic rings. The van der Waals surface area contributed by atoms with Gasteiger partial charge < -0.3 is 0 Å². The molecule has 2 atom stereocenters. The van der Waals surface area contributed by atoms with Crippen molar-refractivity contribution in [1.29, 1.82) is 0 Å². The SMILES string of the molecule is CC(C)C1=Cc2c(-c3ccccc3)cccc2[CH]1[Hf]([Cl])([Cl])([CH]1C(C(C)C)=Cc2c(-c3ccccc3)cccc21)[SiH](C)C. The summed E-state index contributed by atoms with van der Waals surface area (Å²) in [6, 6.07) is 35.2. The van der Waals surface area contributed by atoms with Crippen molar-refractivity contribution in [2.24, 2.45) is 11.8 Å². The van der Waals surface area contributed by atoms with Crippen molar-refractivity contribution >= 4 is 35.3 Å². The fourth-order valence-corrected chi connectivity index (χ4v) is 52.3. The number of allylic oxidation sites excluding steroid dienone is 2. The van der Waals surface area contributed by atoms with E-state index >= 15 is 0 Å². The van der Waals surface area contributed by atoms with E-state index in [0.717, 1.165) is 0 Å². The number of hydrogen-bond acceptors (Lipinski definition) is 0. The average Bonchev–Trinajstić information content (AvgIpc) is 3.59. The Labute approximate surface area is 261 Å². The van der Waals surface area contributed by atoms with Crippen LogP contribution in [0, 0.1) is 11.8 Å². The van der Waals surface area contributed by atoms with Crippen LogP contribution in [0.3, 0.4) is 0 Å². The van der Waals surface area contributed by atoms with E-state index in [1.807, 2.05) is 0 Å². The van der Waals surface area contributed by atoms with Crippen LogP contribution >= 0.6 is 17.2 Å². The molecule has 0 radical (unpaired) electrons. The first kappa shape index (κ1) is 30.1. The third kappa shape index (κ3) is 4.64. The number of fused-ring (bicyclic) bond motifs is 2. The Morgan fingerprint density at radius 3 is 1.26 bits per heavy atom. The van der Waals surface area contributed by atoms with Crippen LogP contribution in [-0.2, 0) is 15.3 Å². The van der Waals surface area contributed by atoms with Gasteiger partial charge in [0.15, 0.2) is 0 Å². The molecule has 6 rings (SSSR count). The molecule has 42 heavy (non-hydrogen) atoms. The van der Waals surface area contributed by atoms with Crippen LogP contribution in [0.15, 0.2) is 108 Å². The molecule has 0 heterocycles. The summed E-state index contributed by atoms with van der Waals surface area (Å²) in [5.41, 5.74) is 13.3. The van der Waals surface area contributed by atoms with E-state index in [2.05, 4.69) is 150 Å². The molecule has 2 unspecified atom stereocenters. The molecule has 0 N–H and O–H groups in total. The van der Waals surface area contributed by atoms with Gasteiger partial charge in [0, 0.05) is 0 Å². The number of benzene rings is 4. The minimum absolute atomic E-state index is 0.106. The van der Waals surface area contributed by atoms with Gasteiger partial charge in [-0.1, -0.05) is 0 Å². The second-order valence-corrected chi connectivity index (χ2v) is 72.5. The summed E-state index contributed by atoms with van der Waals surface area (Å²) in [4.78, 5) is 0. The van der Waals surface area contributed by atoms with Crippen LogP contribution in [0.2, 0.25) is 13.1 Å². The van der Waals surface area contributed by atoms with Gasteiger partial charge in [-0.25, -0.2) is 0 Å². The Kier molecular flexibility index (Phi) is 8.01. The zero-order valence-corrected chi connectivity index (χ0v) is 31.8. The van der Waals surface area contributed by atoms with Gasteiger partial charge in [-0.05, 0) is 0 Å². The maximum absolute atomic E-state index is 8.64. The average molecular weight is 775 g/mol. The fourth-order valence-electron chi connectivity index (χ4n) is 7.65. The number of hydrogen-bond donors (Lipinski definition) is 0. The molecule has 0 aromatic heterocycles. The summed E-state index contributed by atoms with van der Waals surface area (Å²) >= 11 is -4.97. The van der Waals surface area contributed by atoms with Crippen molar-refractivity contribution < 1.29 is 15.3 Å². The van der Waals surface area contributed by atoms with E-state index < -0.39 is 21.3 Å². The molecular weight excluding hydrogens is 734 g/mol. The van der Waals surface area contributed by atoms with Crippen LogP contribution in [-0.4, -0.2) is 5.98 Å². The van der Waals surface area contributed by atoms with E-state index in [1.54, 1.807) is 0 Å². The molecule has 4 aromatic carbocycles. The molecule has 0 saturated heterocycles. The van der Waals surface area contributed by atoms with Crippen LogP contribution in [0.1, 0.15) is 57.3 Å². The van der Waals surface area contributed by atoms with E-state index in [9.17, 15) is 0 Å². The number of halogens is 2. The summed E-state index contributed by atoms with van der Waals surface area (Å²) in [6.45, 7) is 14.2. The minimum atomic E-state index is -4.97. The Hall–Kier alpha value is -1.97.